The number of ether oxygens (including phenoxy) is 1. The third-order valence-electron chi connectivity index (χ3n) is 5.22. The van der Waals surface area contributed by atoms with Crippen LogP contribution in [0.15, 0.2) is 72.8 Å². The summed E-state index contributed by atoms with van der Waals surface area (Å²) in [5, 5.41) is 22.2. The summed E-state index contributed by atoms with van der Waals surface area (Å²) in [5.41, 5.74) is 1.31. The van der Waals surface area contributed by atoms with Gasteiger partial charge in [0.05, 0.1) is 12.7 Å². The van der Waals surface area contributed by atoms with Gasteiger partial charge in [-0.25, -0.2) is 9.59 Å². The van der Waals surface area contributed by atoms with Crippen LogP contribution in [0.1, 0.15) is 67.8 Å². The molecule has 0 radical (unpaired) electrons. The van der Waals surface area contributed by atoms with Crippen LogP contribution in [0.2, 0.25) is 0 Å². The Morgan fingerprint density at radius 2 is 1.11 bits per heavy atom. The quantitative estimate of drug-likeness (QED) is 0.309. The van der Waals surface area contributed by atoms with E-state index < -0.39 is 11.9 Å². The number of hydrogen-bond donors (Lipinski definition) is 2. The van der Waals surface area contributed by atoms with E-state index in [1.807, 2.05) is 75.4 Å². The molecule has 0 unspecified atom stereocenters. The zero-order valence-corrected chi connectivity index (χ0v) is 23.0. The number of methoxy groups -OCH3 is 1. The Hall–Kier alpha value is -3.26. The number of carboxylic acids is 2. The maximum Gasteiger partial charge on any atom is 1.00 e. The molecule has 0 saturated carbocycles. The summed E-state index contributed by atoms with van der Waals surface area (Å²) in [6, 6.07) is 22.4. The largest absolute Gasteiger partial charge is 1.00 e. The zero-order valence-electron chi connectivity index (χ0n) is 23.0. The zero-order chi connectivity index (χ0) is 27.0. The third kappa shape index (κ3) is 8.38. The van der Waals surface area contributed by atoms with Crippen LogP contribution in [-0.2, 0) is 5.41 Å². The first kappa shape index (κ1) is 31.8. The van der Waals surface area contributed by atoms with Gasteiger partial charge in [-0.1, -0.05) is 81.4 Å². The van der Waals surface area contributed by atoms with Gasteiger partial charge in [0.1, 0.15) is 11.3 Å². The maximum atomic E-state index is 11.3. The Kier molecular flexibility index (Phi) is 11.9. The predicted octanol–water partition coefficient (Wildman–Crippen LogP) is 5.01. The van der Waals surface area contributed by atoms with Crippen LogP contribution >= 0.6 is 0 Å². The Morgan fingerprint density at radius 3 is 1.54 bits per heavy atom. The Bertz CT molecular complexity index is 1350. The first-order valence-electron chi connectivity index (χ1n) is 11.7. The molecule has 0 heterocycles. The minimum atomic E-state index is -0.974. The molecule has 0 amide bonds. The molecule has 0 bridgehead atoms. The average molecular weight is 495 g/mol. The van der Waals surface area contributed by atoms with Crippen molar-refractivity contribution in [1.29, 1.82) is 0 Å². The van der Waals surface area contributed by atoms with Crippen LogP contribution in [0.5, 0.6) is 5.75 Å². The summed E-state index contributed by atoms with van der Waals surface area (Å²) in [6.07, 6.45) is 0. The maximum absolute atomic E-state index is 11.3. The van der Waals surface area contributed by atoms with Crippen molar-refractivity contribution in [2.24, 2.45) is 0 Å². The molecular weight excluding hydrogens is 459 g/mol. The van der Waals surface area contributed by atoms with Crippen molar-refractivity contribution >= 4 is 33.5 Å². The van der Waals surface area contributed by atoms with Crippen LogP contribution in [0.4, 0.5) is 0 Å². The van der Waals surface area contributed by atoms with Gasteiger partial charge in [-0.2, -0.15) is 20.8 Å². The minimum absolute atomic E-state index is 0. The van der Waals surface area contributed by atoms with E-state index in [9.17, 15) is 14.7 Å². The molecule has 0 saturated heterocycles. The summed E-state index contributed by atoms with van der Waals surface area (Å²) in [6.45, 7) is 12.4. The van der Waals surface area contributed by atoms with Crippen LogP contribution in [-0.4, -0.2) is 29.3 Å². The fraction of sp³-hybridized carbons (Fsp3) is 0.258. The van der Waals surface area contributed by atoms with Crippen molar-refractivity contribution in [2.45, 2.75) is 47.0 Å². The molecule has 37 heavy (non-hydrogen) atoms. The van der Waals surface area contributed by atoms with Crippen molar-refractivity contribution in [3.8, 4) is 5.75 Å². The molecule has 2 N–H and O–H groups in total. The number of hydrogen-bond acceptors (Lipinski definition) is 3. The van der Waals surface area contributed by atoms with E-state index in [2.05, 4.69) is 20.8 Å². The first-order chi connectivity index (χ1) is 16.9. The van der Waals surface area contributed by atoms with Crippen LogP contribution in [0, 0.1) is 5.92 Å². The molecule has 4 aromatic carbocycles. The first-order valence-corrected chi connectivity index (χ1v) is 11.7. The van der Waals surface area contributed by atoms with E-state index in [-0.39, 0.29) is 29.8 Å². The number of carboxylic acid groups (broad SMARTS) is 2. The smallest absolute Gasteiger partial charge is 0.495 e. The standard InChI is InChI=1S/C15H16O2.C12H10O3.C4H9.Li/c1-15(2,3)13-11-7-5-4-6-10(11)8-9-12(13)14(16)17;1-15-11-9-5-3-2-4-8(9)6-7-10(11)12(13)14;1-4(2)3;/h4-9H,1-3H3,(H,16,17);2-7H,1H3,(H,13,14);1-3H3;/q;;-1;+1. The van der Waals surface area contributed by atoms with E-state index in [4.69, 9.17) is 9.84 Å². The summed E-state index contributed by atoms with van der Waals surface area (Å²) in [4.78, 5) is 22.3. The fourth-order valence-corrected chi connectivity index (χ4v) is 3.89. The second-order valence-electron chi connectivity index (χ2n) is 9.94. The van der Waals surface area contributed by atoms with Crippen molar-refractivity contribution in [3.05, 3.63) is 95.4 Å². The average Bonchev–Trinajstić information content (AvgIpc) is 2.81. The van der Waals surface area contributed by atoms with Gasteiger partial charge in [-0.15, -0.1) is 0 Å². The Labute approximate surface area is 231 Å². The van der Waals surface area contributed by atoms with E-state index >= 15 is 0 Å². The summed E-state index contributed by atoms with van der Waals surface area (Å²) in [7, 11) is 1.48. The molecular formula is C31H35LiO5. The SMILES string of the molecule is CC(C)(C)c1c(C(=O)O)ccc2ccccc12.COc1c(C(=O)O)ccc2ccccc12.C[C-](C)C.[Li+]. The number of rotatable bonds is 3. The van der Waals surface area contributed by atoms with Crippen molar-refractivity contribution in [2.75, 3.05) is 7.11 Å². The molecule has 0 spiro atoms. The number of aromatic carboxylic acids is 2. The normalized spacial score (nSPS) is 10.5. The minimum Gasteiger partial charge on any atom is -0.495 e. The van der Waals surface area contributed by atoms with Gasteiger partial charge < -0.3 is 20.9 Å². The second-order valence-corrected chi connectivity index (χ2v) is 9.94. The van der Waals surface area contributed by atoms with E-state index in [1.54, 1.807) is 18.2 Å². The fourth-order valence-electron chi connectivity index (χ4n) is 3.89. The summed E-state index contributed by atoms with van der Waals surface area (Å²) < 4.78 is 5.14. The predicted molar refractivity (Wildman–Crippen MR) is 147 cm³/mol. The topological polar surface area (TPSA) is 83.8 Å². The second kappa shape index (κ2) is 13.9. The van der Waals surface area contributed by atoms with Gasteiger partial charge in [0.15, 0.2) is 0 Å². The molecule has 0 aliphatic carbocycles. The number of fused-ring (bicyclic) bond motifs is 2. The molecule has 0 aliphatic heterocycles. The van der Waals surface area contributed by atoms with E-state index in [1.165, 1.54) is 13.0 Å². The van der Waals surface area contributed by atoms with Crippen molar-refractivity contribution in [3.63, 3.8) is 0 Å². The Morgan fingerprint density at radius 1 is 0.703 bits per heavy atom. The van der Waals surface area contributed by atoms with Gasteiger partial charge in [0, 0.05) is 5.39 Å². The van der Waals surface area contributed by atoms with Crippen LogP contribution < -0.4 is 23.6 Å². The molecule has 4 aromatic rings. The number of benzene rings is 4. The van der Waals surface area contributed by atoms with E-state index in [0.29, 0.717) is 11.3 Å². The molecule has 0 fully saturated rings. The molecule has 5 nitrogen and oxygen atoms in total. The molecule has 6 heteroatoms. The summed E-state index contributed by atoms with van der Waals surface area (Å²) >= 11 is 0. The molecule has 4 rings (SSSR count). The molecule has 190 valence electrons. The van der Waals surface area contributed by atoms with E-state index in [0.717, 1.165) is 27.1 Å². The molecule has 0 atom stereocenters. The van der Waals surface area contributed by atoms with Gasteiger partial charge in [-0.05, 0) is 39.3 Å². The Balaban J connectivity index is 0.000000318. The monoisotopic (exact) mass is 494 g/mol. The van der Waals surface area contributed by atoms with Gasteiger partial charge in [0.2, 0.25) is 0 Å². The van der Waals surface area contributed by atoms with Gasteiger partial charge >= 0.3 is 30.8 Å². The third-order valence-corrected chi connectivity index (χ3v) is 5.22. The van der Waals surface area contributed by atoms with Gasteiger partial charge in [-0.3, -0.25) is 0 Å². The number of carbonyl (C=O) groups is 2. The van der Waals surface area contributed by atoms with Crippen molar-refractivity contribution in [1.82, 2.24) is 0 Å². The van der Waals surface area contributed by atoms with Gasteiger partial charge in [0.25, 0.3) is 0 Å². The van der Waals surface area contributed by atoms with Crippen LogP contribution in [0.25, 0.3) is 21.5 Å². The van der Waals surface area contributed by atoms with Crippen LogP contribution in [0.3, 0.4) is 0 Å². The molecule has 0 aliphatic rings. The molecule has 0 aromatic heterocycles. The van der Waals surface area contributed by atoms with Crippen molar-refractivity contribution < 1.29 is 43.4 Å². The summed E-state index contributed by atoms with van der Waals surface area (Å²) in [5.74, 6) is -0.00104.